The Morgan fingerprint density at radius 2 is 1.97 bits per heavy atom. The Labute approximate surface area is 183 Å². The molecule has 0 aliphatic carbocycles. The van der Waals surface area contributed by atoms with Crippen LogP contribution in [0.1, 0.15) is 10.4 Å². The lowest BCUT2D eigenvalue weighted by Gasteiger charge is -2.14. The van der Waals surface area contributed by atoms with E-state index in [1.54, 1.807) is 6.07 Å². The molecule has 0 radical (unpaired) electrons. The number of alkyl halides is 3. The van der Waals surface area contributed by atoms with Gasteiger partial charge in [0.1, 0.15) is 24.9 Å². The molecule has 0 aliphatic heterocycles. The Bertz CT molecular complexity index is 1330. The van der Waals surface area contributed by atoms with E-state index >= 15 is 0 Å². The van der Waals surface area contributed by atoms with Crippen molar-refractivity contribution in [2.75, 3.05) is 5.32 Å². The number of nitrogens with zero attached hydrogens (tertiary/aromatic N) is 5. The molecule has 0 atom stereocenters. The normalized spacial score (nSPS) is 11.5. The number of benzene rings is 1. The van der Waals surface area contributed by atoms with Crippen LogP contribution in [0, 0.1) is 6.92 Å². The van der Waals surface area contributed by atoms with Gasteiger partial charge in [0.2, 0.25) is 5.91 Å². The van der Waals surface area contributed by atoms with Crippen LogP contribution >= 0.6 is 11.3 Å². The highest BCUT2D eigenvalue weighted by Crippen LogP contribution is 2.33. The number of hydrogen-bond donors (Lipinski definition) is 1. The van der Waals surface area contributed by atoms with Crippen molar-refractivity contribution in [3.8, 4) is 16.3 Å². The molecule has 32 heavy (non-hydrogen) atoms. The summed E-state index contributed by atoms with van der Waals surface area (Å²) in [5.74, 6) is -0.722. The second-order valence-electron chi connectivity index (χ2n) is 6.74. The number of carbonyl (C=O) groups excluding carboxylic acids is 1. The molecule has 1 aromatic carbocycles. The predicted octanol–water partition coefficient (Wildman–Crippen LogP) is 3.52. The number of aryl methyl sites for hydroxylation is 1. The summed E-state index contributed by atoms with van der Waals surface area (Å²) in [5, 5.41) is 10.5. The quantitative estimate of drug-likeness (QED) is 0.492. The van der Waals surface area contributed by atoms with Gasteiger partial charge in [-0.1, -0.05) is 0 Å². The molecule has 0 unspecified atom stereocenters. The number of anilines is 1. The van der Waals surface area contributed by atoms with Crippen molar-refractivity contribution < 1.29 is 18.0 Å². The van der Waals surface area contributed by atoms with E-state index in [1.807, 2.05) is 19.1 Å². The van der Waals surface area contributed by atoms with Crippen molar-refractivity contribution in [1.82, 2.24) is 24.5 Å². The number of amides is 1. The van der Waals surface area contributed by atoms with E-state index in [2.05, 4.69) is 20.5 Å². The van der Waals surface area contributed by atoms with Crippen LogP contribution in [-0.2, 0) is 17.5 Å². The lowest BCUT2D eigenvalue weighted by atomic mass is 10.1. The van der Waals surface area contributed by atoms with Gasteiger partial charge in [-0.05, 0) is 43.3 Å². The molecule has 4 rings (SSSR count). The van der Waals surface area contributed by atoms with Crippen molar-refractivity contribution >= 4 is 22.9 Å². The van der Waals surface area contributed by atoms with Crippen molar-refractivity contribution in [2.24, 2.45) is 0 Å². The topological polar surface area (TPSA) is 94.7 Å². The SMILES string of the molecule is Cc1ccc(-c2ccc(=O)n(CC(=O)Nc3cc(C(F)(F)F)ccc3-n3cncn3)n2)s1. The van der Waals surface area contributed by atoms with Gasteiger partial charge >= 0.3 is 6.18 Å². The molecular formula is C20H15F3N6O2S. The summed E-state index contributed by atoms with van der Waals surface area (Å²) in [6.45, 7) is 1.45. The summed E-state index contributed by atoms with van der Waals surface area (Å²) in [6, 6.07) is 9.46. The third kappa shape index (κ3) is 4.59. The number of nitrogens with one attached hydrogen (secondary N) is 1. The fourth-order valence-corrected chi connectivity index (χ4v) is 3.77. The molecular weight excluding hydrogens is 445 g/mol. The Morgan fingerprint density at radius 3 is 2.62 bits per heavy atom. The number of aromatic nitrogens is 5. The minimum atomic E-state index is -4.61. The van der Waals surface area contributed by atoms with Crippen LogP contribution in [-0.4, -0.2) is 30.5 Å². The first-order valence-electron chi connectivity index (χ1n) is 9.22. The number of thiophene rings is 1. The third-order valence-electron chi connectivity index (χ3n) is 4.42. The molecule has 0 bridgehead atoms. The van der Waals surface area contributed by atoms with Gasteiger partial charge in [-0.25, -0.2) is 14.3 Å². The van der Waals surface area contributed by atoms with Crippen molar-refractivity contribution in [3.05, 3.63) is 75.9 Å². The largest absolute Gasteiger partial charge is 0.416 e. The van der Waals surface area contributed by atoms with Crippen molar-refractivity contribution in [3.63, 3.8) is 0 Å². The Balaban J connectivity index is 1.62. The number of rotatable bonds is 5. The molecule has 3 aromatic heterocycles. The molecule has 0 fully saturated rings. The number of carbonyl (C=O) groups is 1. The van der Waals surface area contributed by atoms with E-state index in [4.69, 9.17) is 0 Å². The summed E-state index contributed by atoms with van der Waals surface area (Å²) in [6.07, 6.45) is -2.10. The van der Waals surface area contributed by atoms with Crippen LogP contribution in [0.4, 0.5) is 18.9 Å². The molecule has 0 saturated carbocycles. The van der Waals surface area contributed by atoms with Gasteiger partial charge in [-0.15, -0.1) is 11.3 Å². The molecule has 164 valence electrons. The van der Waals surface area contributed by atoms with Crippen molar-refractivity contribution in [1.29, 1.82) is 0 Å². The average molecular weight is 460 g/mol. The fraction of sp³-hybridized carbons (Fsp3) is 0.150. The summed E-state index contributed by atoms with van der Waals surface area (Å²) in [4.78, 5) is 30.5. The molecule has 4 aromatic rings. The highest BCUT2D eigenvalue weighted by Gasteiger charge is 2.31. The van der Waals surface area contributed by atoms with Gasteiger partial charge in [0.15, 0.2) is 0 Å². The lowest BCUT2D eigenvalue weighted by Crippen LogP contribution is -2.29. The zero-order valence-corrected chi connectivity index (χ0v) is 17.3. The lowest BCUT2D eigenvalue weighted by molar-refractivity contribution is -0.137. The van der Waals surface area contributed by atoms with Gasteiger partial charge in [0.05, 0.1) is 21.8 Å². The van der Waals surface area contributed by atoms with Crippen LogP contribution < -0.4 is 10.9 Å². The molecule has 1 amide bonds. The molecule has 12 heteroatoms. The van der Waals surface area contributed by atoms with Gasteiger partial charge in [-0.3, -0.25) is 9.59 Å². The highest BCUT2D eigenvalue weighted by molar-refractivity contribution is 7.15. The maximum absolute atomic E-state index is 13.2. The zero-order chi connectivity index (χ0) is 22.9. The second kappa shape index (κ2) is 8.38. The monoisotopic (exact) mass is 460 g/mol. The summed E-state index contributed by atoms with van der Waals surface area (Å²) in [5.41, 5.74) is -0.891. The first-order valence-corrected chi connectivity index (χ1v) is 10.0. The zero-order valence-electron chi connectivity index (χ0n) is 16.5. The Kier molecular flexibility index (Phi) is 5.61. The minimum absolute atomic E-state index is 0.131. The maximum Gasteiger partial charge on any atom is 0.416 e. The van der Waals surface area contributed by atoms with Crippen LogP contribution in [0.2, 0.25) is 0 Å². The molecule has 1 N–H and O–H groups in total. The maximum atomic E-state index is 13.2. The van der Waals surface area contributed by atoms with E-state index in [1.165, 1.54) is 40.8 Å². The van der Waals surface area contributed by atoms with E-state index < -0.39 is 29.8 Å². The first kappa shape index (κ1) is 21.4. The van der Waals surface area contributed by atoms with Gasteiger partial charge < -0.3 is 5.32 Å². The number of hydrogen-bond acceptors (Lipinski definition) is 6. The average Bonchev–Trinajstić information content (AvgIpc) is 3.41. The summed E-state index contributed by atoms with van der Waals surface area (Å²) >= 11 is 1.48. The van der Waals surface area contributed by atoms with E-state index in [0.717, 1.165) is 26.6 Å². The van der Waals surface area contributed by atoms with Gasteiger partial charge in [-0.2, -0.15) is 23.4 Å². The summed E-state index contributed by atoms with van der Waals surface area (Å²) in [7, 11) is 0. The smallest absolute Gasteiger partial charge is 0.323 e. The standard InChI is InChI=1S/C20H15F3N6O2S/c1-12-2-6-17(32-12)14-4-7-19(31)28(27-14)9-18(30)26-15-8-13(20(21,22)23)3-5-16(15)29-11-24-10-25-29/h2-8,10-11H,9H2,1H3,(H,26,30). The van der Waals surface area contributed by atoms with Crippen LogP contribution in [0.25, 0.3) is 16.3 Å². The minimum Gasteiger partial charge on any atom is -0.323 e. The molecule has 0 spiro atoms. The second-order valence-corrected chi connectivity index (χ2v) is 8.03. The third-order valence-corrected chi connectivity index (χ3v) is 5.44. The van der Waals surface area contributed by atoms with Crippen LogP contribution in [0.3, 0.4) is 0 Å². The Morgan fingerprint density at radius 1 is 1.16 bits per heavy atom. The van der Waals surface area contributed by atoms with Crippen molar-refractivity contribution in [2.45, 2.75) is 19.6 Å². The van der Waals surface area contributed by atoms with Gasteiger partial charge in [0, 0.05) is 10.9 Å². The fourth-order valence-electron chi connectivity index (χ4n) is 2.94. The van der Waals surface area contributed by atoms with E-state index in [9.17, 15) is 22.8 Å². The predicted molar refractivity (Wildman–Crippen MR) is 112 cm³/mol. The molecule has 3 heterocycles. The molecule has 8 nitrogen and oxygen atoms in total. The highest BCUT2D eigenvalue weighted by atomic mass is 32.1. The van der Waals surface area contributed by atoms with E-state index in [-0.39, 0.29) is 11.4 Å². The Hall–Kier alpha value is -3.80. The van der Waals surface area contributed by atoms with Gasteiger partial charge in [0.25, 0.3) is 5.56 Å². The molecule has 0 saturated heterocycles. The van der Waals surface area contributed by atoms with Crippen LogP contribution in [0.5, 0.6) is 0 Å². The number of halogens is 3. The van der Waals surface area contributed by atoms with Crippen LogP contribution in [0.15, 0.2) is 59.9 Å². The molecule has 0 aliphatic rings. The first-order chi connectivity index (χ1) is 15.2. The summed E-state index contributed by atoms with van der Waals surface area (Å²) < 4.78 is 41.7. The van der Waals surface area contributed by atoms with E-state index in [0.29, 0.717) is 5.69 Å².